The van der Waals surface area contributed by atoms with Gasteiger partial charge < -0.3 is 10.4 Å². The Bertz CT molecular complexity index is 551. The standard InChI is InChI=1S/C15H19N3O2/c1-2-18-11-13(10-17-18)15(20)16-9-8-14(19)12-6-4-3-5-7-12/h3-7,10-11,14,19H,2,8-9H2,1H3,(H,16,20). The molecular weight excluding hydrogens is 254 g/mol. The van der Waals surface area contributed by atoms with Crippen LogP contribution in [0.4, 0.5) is 0 Å². The smallest absolute Gasteiger partial charge is 0.254 e. The van der Waals surface area contributed by atoms with Crippen molar-refractivity contribution in [2.45, 2.75) is 26.0 Å². The monoisotopic (exact) mass is 273 g/mol. The highest BCUT2D eigenvalue weighted by atomic mass is 16.3. The number of aryl methyl sites for hydroxylation is 1. The van der Waals surface area contributed by atoms with Gasteiger partial charge in [-0.1, -0.05) is 30.3 Å². The first kappa shape index (κ1) is 14.3. The lowest BCUT2D eigenvalue weighted by Gasteiger charge is -2.11. The Kier molecular flexibility index (Phi) is 4.90. The van der Waals surface area contributed by atoms with E-state index in [4.69, 9.17) is 0 Å². The molecule has 1 atom stereocenters. The molecule has 1 aromatic heterocycles. The van der Waals surface area contributed by atoms with Crippen LogP contribution in [0.15, 0.2) is 42.7 Å². The first-order chi connectivity index (χ1) is 9.70. The van der Waals surface area contributed by atoms with Gasteiger partial charge in [0.05, 0.1) is 17.9 Å². The van der Waals surface area contributed by atoms with Crippen LogP contribution in [0.1, 0.15) is 35.4 Å². The summed E-state index contributed by atoms with van der Waals surface area (Å²) >= 11 is 0. The molecule has 20 heavy (non-hydrogen) atoms. The Morgan fingerprint density at radius 1 is 1.40 bits per heavy atom. The van der Waals surface area contributed by atoms with Crippen molar-refractivity contribution >= 4 is 5.91 Å². The molecule has 5 nitrogen and oxygen atoms in total. The summed E-state index contributed by atoms with van der Waals surface area (Å²) in [6.45, 7) is 3.12. The molecule has 0 aliphatic carbocycles. The van der Waals surface area contributed by atoms with Crippen LogP contribution in [0, 0.1) is 0 Å². The van der Waals surface area contributed by atoms with Gasteiger partial charge in [0, 0.05) is 19.3 Å². The number of carbonyl (C=O) groups excluding carboxylic acids is 1. The maximum atomic E-state index is 11.8. The van der Waals surface area contributed by atoms with Crippen LogP contribution in [0.2, 0.25) is 0 Å². The number of nitrogens with one attached hydrogen (secondary N) is 1. The molecule has 1 aromatic carbocycles. The molecule has 0 saturated heterocycles. The third-order valence-corrected chi connectivity index (χ3v) is 3.11. The SMILES string of the molecule is CCn1cc(C(=O)NCCC(O)c2ccccc2)cn1. The lowest BCUT2D eigenvalue weighted by atomic mass is 10.1. The molecule has 0 saturated carbocycles. The average Bonchev–Trinajstić information content (AvgIpc) is 2.97. The molecule has 1 heterocycles. The zero-order valence-electron chi connectivity index (χ0n) is 11.5. The van der Waals surface area contributed by atoms with Gasteiger partial charge in [0.1, 0.15) is 0 Å². The van der Waals surface area contributed by atoms with E-state index in [1.807, 2.05) is 37.3 Å². The zero-order valence-corrected chi connectivity index (χ0v) is 11.5. The lowest BCUT2D eigenvalue weighted by Crippen LogP contribution is -2.25. The highest BCUT2D eigenvalue weighted by Gasteiger charge is 2.10. The summed E-state index contributed by atoms with van der Waals surface area (Å²) in [4.78, 5) is 11.8. The summed E-state index contributed by atoms with van der Waals surface area (Å²) in [7, 11) is 0. The summed E-state index contributed by atoms with van der Waals surface area (Å²) in [6.07, 6.45) is 3.18. The Hall–Kier alpha value is -2.14. The van der Waals surface area contributed by atoms with Crippen molar-refractivity contribution in [2.24, 2.45) is 0 Å². The first-order valence-corrected chi connectivity index (χ1v) is 6.74. The number of nitrogens with zero attached hydrogens (tertiary/aromatic N) is 2. The number of aromatic nitrogens is 2. The number of benzene rings is 1. The van der Waals surface area contributed by atoms with E-state index in [-0.39, 0.29) is 5.91 Å². The van der Waals surface area contributed by atoms with Gasteiger partial charge in [0.15, 0.2) is 0 Å². The van der Waals surface area contributed by atoms with Crippen molar-refractivity contribution in [3.05, 3.63) is 53.9 Å². The van der Waals surface area contributed by atoms with E-state index in [2.05, 4.69) is 10.4 Å². The molecule has 0 spiro atoms. The molecule has 0 aliphatic rings. The predicted molar refractivity (Wildman–Crippen MR) is 76.3 cm³/mol. The fourth-order valence-corrected chi connectivity index (χ4v) is 1.92. The summed E-state index contributed by atoms with van der Waals surface area (Å²) in [5.74, 6) is -0.162. The Morgan fingerprint density at radius 3 is 2.80 bits per heavy atom. The van der Waals surface area contributed by atoms with E-state index in [1.165, 1.54) is 0 Å². The van der Waals surface area contributed by atoms with Crippen LogP contribution in [0.3, 0.4) is 0 Å². The van der Waals surface area contributed by atoms with Gasteiger partial charge in [-0.05, 0) is 18.9 Å². The van der Waals surface area contributed by atoms with Crippen molar-refractivity contribution in [1.82, 2.24) is 15.1 Å². The number of carbonyl (C=O) groups is 1. The van der Waals surface area contributed by atoms with E-state index in [9.17, 15) is 9.90 Å². The minimum atomic E-state index is -0.560. The molecule has 2 N–H and O–H groups in total. The minimum Gasteiger partial charge on any atom is -0.388 e. The maximum Gasteiger partial charge on any atom is 0.254 e. The summed E-state index contributed by atoms with van der Waals surface area (Å²) < 4.78 is 1.70. The Morgan fingerprint density at radius 2 is 2.15 bits per heavy atom. The van der Waals surface area contributed by atoms with Crippen molar-refractivity contribution in [2.75, 3.05) is 6.54 Å². The summed E-state index contributed by atoms with van der Waals surface area (Å²) in [6, 6.07) is 9.42. The van der Waals surface area contributed by atoms with Gasteiger partial charge in [0.25, 0.3) is 5.91 Å². The van der Waals surface area contributed by atoms with Gasteiger partial charge in [-0.25, -0.2) is 0 Å². The second-order valence-electron chi connectivity index (χ2n) is 4.56. The van der Waals surface area contributed by atoms with E-state index >= 15 is 0 Å². The first-order valence-electron chi connectivity index (χ1n) is 6.74. The van der Waals surface area contributed by atoms with Crippen molar-refractivity contribution in [3.63, 3.8) is 0 Å². The summed E-state index contributed by atoms with van der Waals surface area (Å²) in [5.41, 5.74) is 1.40. The van der Waals surface area contributed by atoms with Gasteiger partial charge in [-0.2, -0.15) is 5.10 Å². The highest BCUT2D eigenvalue weighted by Crippen LogP contribution is 2.14. The molecule has 1 unspecified atom stereocenters. The van der Waals surface area contributed by atoms with E-state index in [0.29, 0.717) is 18.5 Å². The molecule has 2 aromatic rings. The molecular formula is C15H19N3O2. The molecule has 0 radical (unpaired) electrons. The molecule has 1 amide bonds. The number of rotatable bonds is 6. The molecule has 5 heteroatoms. The normalized spacial score (nSPS) is 12.1. The number of hydrogen-bond donors (Lipinski definition) is 2. The summed E-state index contributed by atoms with van der Waals surface area (Å²) in [5, 5.41) is 16.8. The molecule has 106 valence electrons. The number of hydrogen-bond acceptors (Lipinski definition) is 3. The van der Waals surface area contributed by atoms with E-state index in [1.54, 1.807) is 17.1 Å². The van der Waals surface area contributed by atoms with Crippen LogP contribution in [-0.4, -0.2) is 27.3 Å². The fourth-order valence-electron chi connectivity index (χ4n) is 1.92. The van der Waals surface area contributed by atoms with Gasteiger partial charge in [-0.3, -0.25) is 9.48 Å². The largest absolute Gasteiger partial charge is 0.388 e. The van der Waals surface area contributed by atoms with Crippen molar-refractivity contribution in [1.29, 1.82) is 0 Å². The Labute approximate surface area is 118 Å². The zero-order chi connectivity index (χ0) is 14.4. The van der Waals surface area contributed by atoms with Crippen LogP contribution < -0.4 is 5.32 Å². The van der Waals surface area contributed by atoms with Crippen LogP contribution in [0.25, 0.3) is 0 Å². The van der Waals surface area contributed by atoms with Crippen LogP contribution in [-0.2, 0) is 6.54 Å². The predicted octanol–water partition coefficient (Wildman–Crippen LogP) is 1.76. The van der Waals surface area contributed by atoms with E-state index < -0.39 is 6.10 Å². The van der Waals surface area contributed by atoms with Crippen LogP contribution >= 0.6 is 0 Å². The van der Waals surface area contributed by atoms with Crippen molar-refractivity contribution < 1.29 is 9.90 Å². The highest BCUT2D eigenvalue weighted by molar-refractivity contribution is 5.93. The quantitative estimate of drug-likeness (QED) is 0.842. The van der Waals surface area contributed by atoms with Crippen LogP contribution in [0.5, 0.6) is 0 Å². The number of aliphatic hydroxyl groups is 1. The lowest BCUT2D eigenvalue weighted by molar-refractivity contribution is 0.0942. The molecule has 2 rings (SSSR count). The van der Waals surface area contributed by atoms with E-state index in [0.717, 1.165) is 12.1 Å². The second-order valence-corrected chi connectivity index (χ2v) is 4.56. The average molecular weight is 273 g/mol. The number of amides is 1. The van der Waals surface area contributed by atoms with Gasteiger partial charge >= 0.3 is 0 Å². The molecule has 0 fully saturated rings. The minimum absolute atomic E-state index is 0.162. The maximum absolute atomic E-state index is 11.8. The third kappa shape index (κ3) is 3.68. The third-order valence-electron chi connectivity index (χ3n) is 3.11. The second kappa shape index (κ2) is 6.86. The topological polar surface area (TPSA) is 67.2 Å². The Balaban J connectivity index is 1.79. The van der Waals surface area contributed by atoms with Crippen molar-refractivity contribution in [3.8, 4) is 0 Å². The van der Waals surface area contributed by atoms with Gasteiger partial charge in [0.2, 0.25) is 0 Å². The van der Waals surface area contributed by atoms with Gasteiger partial charge in [-0.15, -0.1) is 0 Å². The fraction of sp³-hybridized carbons (Fsp3) is 0.333. The molecule has 0 aliphatic heterocycles. The number of aliphatic hydroxyl groups excluding tert-OH is 1. The molecule has 0 bridgehead atoms.